The molecule has 3 atom stereocenters. The molecule has 1 amide bonds. The second kappa shape index (κ2) is 7.13. The highest BCUT2D eigenvalue weighted by Crippen LogP contribution is 2.57. The Bertz CT molecular complexity index is 724. The first-order valence-electron chi connectivity index (χ1n) is 8.63. The van der Waals surface area contributed by atoms with E-state index >= 15 is 0 Å². The maximum Gasteiger partial charge on any atom is 0.272 e. The van der Waals surface area contributed by atoms with Gasteiger partial charge in [0.15, 0.2) is 0 Å². The Morgan fingerprint density at radius 2 is 2.15 bits per heavy atom. The van der Waals surface area contributed by atoms with Gasteiger partial charge in [0.05, 0.1) is 11.0 Å². The van der Waals surface area contributed by atoms with Crippen LogP contribution in [-0.4, -0.2) is 29.1 Å². The summed E-state index contributed by atoms with van der Waals surface area (Å²) in [6.07, 6.45) is 1.80. The lowest BCUT2D eigenvalue weighted by molar-refractivity contribution is -0.385. The van der Waals surface area contributed by atoms with Crippen LogP contribution >= 0.6 is 12.4 Å². The van der Waals surface area contributed by atoms with E-state index in [2.05, 4.69) is 5.32 Å². The zero-order valence-corrected chi connectivity index (χ0v) is 16.1. The Hall–Kier alpha value is -1.70. The van der Waals surface area contributed by atoms with Crippen molar-refractivity contribution >= 4 is 24.0 Å². The quantitative estimate of drug-likeness (QED) is 0.613. The summed E-state index contributed by atoms with van der Waals surface area (Å²) in [4.78, 5) is 23.5. The number of ether oxygens (including phenoxy) is 1. The van der Waals surface area contributed by atoms with Gasteiger partial charge in [0.2, 0.25) is 5.91 Å². The monoisotopic (exact) mass is 383 g/mol. The van der Waals surface area contributed by atoms with Crippen molar-refractivity contribution in [2.45, 2.75) is 51.8 Å². The minimum absolute atomic E-state index is 0. The Balaban J connectivity index is 0.00000243. The molecule has 1 saturated heterocycles. The van der Waals surface area contributed by atoms with Crippen LogP contribution in [0.15, 0.2) is 18.2 Å². The number of nitrogens with one attached hydrogen (secondary N) is 1. The summed E-state index contributed by atoms with van der Waals surface area (Å²) >= 11 is 0. The van der Waals surface area contributed by atoms with Crippen molar-refractivity contribution in [3.63, 3.8) is 0 Å². The highest BCUT2D eigenvalue weighted by Gasteiger charge is 2.70. The Morgan fingerprint density at radius 3 is 2.81 bits per heavy atom. The van der Waals surface area contributed by atoms with E-state index in [4.69, 9.17) is 10.5 Å². The second-order valence-electron chi connectivity index (χ2n) is 7.63. The van der Waals surface area contributed by atoms with Gasteiger partial charge in [-0.2, -0.15) is 0 Å². The molecule has 2 fully saturated rings. The highest BCUT2D eigenvalue weighted by atomic mass is 35.5. The number of carbonyl (C=O) groups excluding carboxylic acids is 1. The average molecular weight is 384 g/mol. The fraction of sp³-hybridized carbons (Fsp3) is 0.611. The predicted molar refractivity (Wildman–Crippen MR) is 100 cm³/mol. The van der Waals surface area contributed by atoms with Gasteiger partial charge in [-0.1, -0.05) is 26.0 Å². The van der Waals surface area contributed by atoms with Crippen molar-refractivity contribution in [1.29, 1.82) is 0 Å². The summed E-state index contributed by atoms with van der Waals surface area (Å²) in [5.41, 5.74) is 6.47. The summed E-state index contributed by atoms with van der Waals surface area (Å²) < 4.78 is 5.83. The van der Waals surface area contributed by atoms with Gasteiger partial charge in [0, 0.05) is 36.1 Å². The predicted octanol–water partition coefficient (Wildman–Crippen LogP) is 2.47. The number of nitrogens with zero attached hydrogens (tertiary/aromatic N) is 1. The number of hydrogen-bond acceptors (Lipinski definition) is 5. The van der Waals surface area contributed by atoms with Crippen LogP contribution in [0.3, 0.4) is 0 Å². The smallest absolute Gasteiger partial charge is 0.272 e. The van der Waals surface area contributed by atoms with E-state index in [1.807, 2.05) is 13.8 Å². The maximum absolute atomic E-state index is 12.9. The standard InChI is InChI=1S/C18H25N3O4.ClH/c1-11-12(6-4-8-14(11)21(23)24)10-20-16(22)18(19)13-7-5-9-25-15(13)17(18,2)3;/h4,6,8,13,15H,5,7,9-10,19H2,1-3H3,(H,20,22);1H. The largest absolute Gasteiger partial charge is 0.377 e. The van der Waals surface area contributed by atoms with Crippen molar-refractivity contribution in [2.75, 3.05) is 6.61 Å². The summed E-state index contributed by atoms with van der Waals surface area (Å²) in [7, 11) is 0. The van der Waals surface area contributed by atoms with Gasteiger partial charge in [-0.15, -0.1) is 12.4 Å². The van der Waals surface area contributed by atoms with E-state index in [0.717, 1.165) is 25.0 Å². The van der Waals surface area contributed by atoms with Crippen molar-refractivity contribution in [1.82, 2.24) is 5.32 Å². The molecule has 1 aliphatic heterocycles. The van der Waals surface area contributed by atoms with E-state index in [1.165, 1.54) is 6.07 Å². The molecule has 2 aliphatic rings. The number of halogens is 1. The highest BCUT2D eigenvalue weighted by molar-refractivity contribution is 5.89. The summed E-state index contributed by atoms with van der Waals surface area (Å²) in [5, 5.41) is 13.9. The fourth-order valence-corrected chi connectivity index (χ4v) is 4.42. The zero-order chi connectivity index (χ0) is 18.4. The van der Waals surface area contributed by atoms with Gasteiger partial charge in [0.1, 0.15) is 5.54 Å². The molecule has 0 bridgehead atoms. The van der Waals surface area contributed by atoms with Crippen LogP contribution in [0.4, 0.5) is 5.69 Å². The Kier molecular flexibility index (Phi) is 5.66. The Morgan fingerprint density at radius 1 is 1.46 bits per heavy atom. The van der Waals surface area contributed by atoms with Crippen LogP contribution in [0.5, 0.6) is 0 Å². The van der Waals surface area contributed by atoms with Crippen LogP contribution in [0.1, 0.15) is 37.8 Å². The topological polar surface area (TPSA) is 107 Å². The molecule has 3 N–H and O–H groups in total. The zero-order valence-electron chi connectivity index (χ0n) is 15.3. The van der Waals surface area contributed by atoms with Crippen molar-refractivity contribution < 1.29 is 14.5 Å². The summed E-state index contributed by atoms with van der Waals surface area (Å²) in [6.45, 7) is 6.57. The maximum atomic E-state index is 12.9. The van der Waals surface area contributed by atoms with E-state index in [1.54, 1.807) is 19.1 Å². The lowest BCUT2D eigenvalue weighted by atomic mass is 9.46. The molecular formula is C18H26ClN3O4. The summed E-state index contributed by atoms with van der Waals surface area (Å²) in [5.74, 6) is -0.197. The second-order valence-corrected chi connectivity index (χ2v) is 7.63. The first kappa shape index (κ1) is 20.6. The number of benzene rings is 1. The molecule has 3 rings (SSSR count). The number of amides is 1. The third-order valence-corrected chi connectivity index (χ3v) is 6.11. The van der Waals surface area contributed by atoms with Crippen LogP contribution in [-0.2, 0) is 16.1 Å². The molecule has 144 valence electrons. The van der Waals surface area contributed by atoms with Crippen molar-refractivity contribution in [2.24, 2.45) is 17.1 Å². The molecule has 0 radical (unpaired) electrons. The van der Waals surface area contributed by atoms with E-state index in [9.17, 15) is 14.9 Å². The molecule has 0 spiro atoms. The number of rotatable bonds is 4. The number of fused-ring (bicyclic) bond motifs is 1. The molecule has 1 heterocycles. The molecule has 26 heavy (non-hydrogen) atoms. The molecule has 0 aromatic heterocycles. The summed E-state index contributed by atoms with van der Waals surface area (Å²) in [6, 6.07) is 4.87. The first-order valence-corrected chi connectivity index (χ1v) is 8.63. The molecule has 3 unspecified atom stereocenters. The third-order valence-electron chi connectivity index (χ3n) is 6.11. The number of hydrogen-bond donors (Lipinski definition) is 2. The van der Waals surface area contributed by atoms with E-state index < -0.39 is 15.9 Å². The van der Waals surface area contributed by atoms with E-state index in [0.29, 0.717) is 5.56 Å². The lowest BCUT2D eigenvalue weighted by Crippen LogP contribution is -2.82. The van der Waals surface area contributed by atoms with Crippen LogP contribution in [0, 0.1) is 28.4 Å². The molecule has 1 aliphatic carbocycles. The van der Waals surface area contributed by atoms with E-state index in [-0.39, 0.29) is 42.6 Å². The lowest BCUT2D eigenvalue weighted by Gasteiger charge is -2.65. The Labute approximate surface area is 159 Å². The third kappa shape index (κ3) is 2.88. The SMILES string of the molecule is Cc1c(CNC(=O)C2(N)C3CCCOC3C2(C)C)cccc1[N+](=O)[O-].Cl. The molecular weight excluding hydrogens is 358 g/mol. The average Bonchev–Trinajstić information content (AvgIpc) is 2.59. The van der Waals surface area contributed by atoms with Crippen LogP contribution in [0.25, 0.3) is 0 Å². The van der Waals surface area contributed by atoms with Gasteiger partial charge < -0.3 is 15.8 Å². The fourth-order valence-electron chi connectivity index (χ4n) is 4.42. The number of nitro benzene ring substituents is 1. The van der Waals surface area contributed by atoms with Crippen molar-refractivity contribution in [3.8, 4) is 0 Å². The van der Waals surface area contributed by atoms with Gasteiger partial charge in [-0.05, 0) is 25.3 Å². The van der Waals surface area contributed by atoms with Crippen LogP contribution in [0.2, 0.25) is 0 Å². The number of carbonyl (C=O) groups is 1. The van der Waals surface area contributed by atoms with Crippen LogP contribution < -0.4 is 11.1 Å². The number of nitro groups is 1. The van der Waals surface area contributed by atoms with Gasteiger partial charge >= 0.3 is 0 Å². The molecule has 1 aromatic carbocycles. The molecule has 1 aromatic rings. The van der Waals surface area contributed by atoms with Gasteiger partial charge in [0.25, 0.3) is 5.69 Å². The minimum Gasteiger partial charge on any atom is -0.377 e. The normalized spacial score (nSPS) is 28.9. The number of nitrogens with two attached hydrogens (primary N) is 1. The van der Waals surface area contributed by atoms with Crippen molar-refractivity contribution in [3.05, 3.63) is 39.4 Å². The minimum atomic E-state index is -0.979. The van der Waals surface area contributed by atoms with Gasteiger partial charge in [-0.3, -0.25) is 14.9 Å². The molecule has 8 heteroatoms. The van der Waals surface area contributed by atoms with Gasteiger partial charge in [-0.25, -0.2) is 0 Å². The molecule has 1 saturated carbocycles. The molecule has 7 nitrogen and oxygen atoms in total. The first-order chi connectivity index (χ1) is 11.7.